The fourth-order valence-corrected chi connectivity index (χ4v) is 13.0. The van der Waals surface area contributed by atoms with Gasteiger partial charge >= 0.3 is 0 Å². The van der Waals surface area contributed by atoms with Gasteiger partial charge in [-0.3, -0.25) is 14.5 Å². The predicted octanol–water partition coefficient (Wildman–Crippen LogP) is 6.43. The third-order valence-electron chi connectivity index (χ3n) is 13.7. The van der Waals surface area contributed by atoms with Crippen LogP contribution in [0.15, 0.2) is 102 Å². The first-order valence-corrected chi connectivity index (χ1v) is 27.0. The molecule has 0 spiro atoms. The fraction of sp³-hybridized carbons (Fsp3) is 0.400. The van der Waals surface area contributed by atoms with E-state index in [0.29, 0.717) is 42.7 Å². The molecule has 8 aromatic rings. The normalized spacial score (nSPS) is 18.2. The maximum Gasteiger partial charge on any atom is 0.264 e. The van der Waals surface area contributed by atoms with Gasteiger partial charge in [0.1, 0.15) is 11.6 Å². The smallest absolute Gasteiger partial charge is 0.264 e. The summed E-state index contributed by atoms with van der Waals surface area (Å²) in [7, 11) is -6.40. The Bertz CT molecular complexity index is 3530. The van der Waals surface area contributed by atoms with Gasteiger partial charge in [-0.15, -0.1) is 10.2 Å². The summed E-state index contributed by atoms with van der Waals surface area (Å²) in [5, 5.41) is 27.0. The van der Waals surface area contributed by atoms with Gasteiger partial charge in [0.2, 0.25) is 10.1 Å². The Morgan fingerprint density at radius 3 is 1.68 bits per heavy atom. The van der Waals surface area contributed by atoms with Gasteiger partial charge in [0.05, 0.1) is 53.7 Å². The highest BCUT2D eigenvalue weighted by atomic mass is 32.2. The first kappa shape index (κ1) is 49.3. The molecule has 0 amide bonds. The maximum absolute atomic E-state index is 15.2. The zero-order valence-corrected chi connectivity index (χ0v) is 42.9. The van der Waals surface area contributed by atoms with Crippen LogP contribution in [0.25, 0.3) is 33.2 Å². The number of halogens is 2. The molecule has 10 rings (SSSR count). The summed E-state index contributed by atoms with van der Waals surface area (Å²) in [5.74, 6) is -0.152. The molecule has 22 heteroatoms. The monoisotopic (exact) mass is 1020 g/mol. The van der Waals surface area contributed by atoms with Crippen molar-refractivity contribution in [1.82, 2.24) is 68.0 Å². The van der Waals surface area contributed by atoms with Crippen molar-refractivity contribution in [3.8, 4) is 11.4 Å². The van der Waals surface area contributed by atoms with E-state index in [1.807, 2.05) is 26.0 Å². The highest BCUT2D eigenvalue weighted by Gasteiger charge is 2.39. The summed E-state index contributed by atoms with van der Waals surface area (Å²) in [6.45, 7) is 16.1. The molecule has 2 atom stereocenters. The maximum atomic E-state index is 15.2. The Morgan fingerprint density at radius 2 is 1.14 bits per heavy atom. The van der Waals surface area contributed by atoms with Crippen molar-refractivity contribution in [3.63, 3.8) is 0 Å². The van der Waals surface area contributed by atoms with E-state index >= 15 is 4.39 Å². The summed E-state index contributed by atoms with van der Waals surface area (Å²) >= 11 is 0. The number of fused-ring (bicyclic) bond motifs is 2. The molecule has 0 aliphatic carbocycles. The molecule has 6 heterocycles. The molecule has 0 radical (unpaired) electrons. The Morgan fingerprint density at radius 1 is 0.625 bits per heavy atom. The minimum Gasteiger partial charge on any atom is -0.293 e. The number of hydrogen-bond donors (Lipinski definition) is 0. The molecule has 2 fully saturated rings. The van der Waals surface area contributed by atoms with Gasteiger partial charge in [0.25, 0.3) is 20.0 Å². The lowest BCUT2D eigenvalue weighted by Crippen LogP contribution is -2.51. The topological polar surface area (TPSA) is 178 Å². The number of nitrogens with zero attached hydrogens (tertiary/aromatic N) is 14. The van der Waals surface area contributed by atoms with Gasteiger partial charge in [-0.25, -0.2) is 39.7 Å². The zero-order valence-electron chi connectivity index (χ0n) is 41.3. The molecule has 2 saturated heterocycles. The summed E-state index contributed by atoms with van der Waals surface area (Å²) in [6.07, 6.45) is 6.31. The number of sulfonamides is 2. The van der Waals surface area contributed by atoms with Crippen LogP contribution in [0.1, 0.15) is 67.6 Å². The molecule has 378 valence electrons. The number of aromatic nitrogens is 10. The number of aryl methyl sites for hydroxylation is 3. The lowest BCUT2D eigenvalue weighted by molar-refractivity contribution is 0.105. The summed E-state index contributed by atoms with van der Waals surface area (Å²) in [6, 6.07) is 18.2. The van der Waals surface area contributed by atoms with Gasteiger partial charge in [0, 0.05) is 87.8 Å². The Balaban J connectivity index is 0.909. The number of rotatable bonds is 14. The highest BCUT2D eigenvalue weighted by molar-refractivity contribution is 7.89. The van der Waals surface area contributed by atoms with E-state index in [0.717, 1.165) is 62.8 Å². The van der Waals surface area contributed by atoms with Gasteiger partial charge in [-0.1, -0.05) is 38.1 Å². The molecule has 0 unspecified atom stereocenters. The van der Waals surface area contributed by atoms with Crippen molar-refractivity contribution in [2.24, 2.45) is 18.9 Å². The van der Waals surface area contributed by atoms with Crippen molar-refractivity contribution in [1.29, 1.82) is 0 Å². The lowest BCUT2D eigenvalue weighted by Gasteiger charge is -2.42. The average molecular weight is 1020 g/mol. The van der Waals surface area contributed by atoms with E-state index in [1.165, 1.54) is 54.6 Å². The van der Waals surface area contributed by atoms with Crippen molar-refractivity contribution < 1.29 is 25.6 Å². The van der Waals surface area contributed by atoms with Crippen LogP contribution in [-0.2, 0) is 33.6 Å². The Hall–Kier alpha value is -6.30. The van der Waals surface area contributed by atoms with E-state index < -0.39 is 25.9 Å². The van der Waals surface area contributed by atoms with Gasteiger partial charge in [0.15, 0.2) is 0 Å². The number of hydrogen-bond acceptors (Lipinski definition) is 12. The molecule has 4 aromatic heterocycles. The van der Waals surface area contributed by atoms with E-state index in [-0.39, 0.29) is 54.1 Å². The van der Waals surface area contributed by atoms with Crippen LogP contribution in [0.5, 0.6) is 0 Å². The van der Waals surface area contributed by atoms with E-state index in [4.69, 9.17) is 5.10 Å². The third-order valence-corrected chi connectivity index (χ3v) is 17.2. The van der Waals surface area contributed by atoms with Gasteiger partial charge < -0.3 is 0 Å². The Kier molecular flexibility index (Phi) is 13.2. The fourth-order valence-electron chi connectivity index (χ4n) is 10.3. The van der Waals surface area contributed by atoms with E-state index in [1.54, 1.807) is 47.0 Å². The quantitative estimate of drug-likeness (QED) is 0.117. The molecule has 72 heavy (non-hydrogen) atoms. The van der Waals surface area contributed by atoms with E-state index in [2.05, 4.69) is 75.4 Å². The molecular weight excluding hydrogens is 963 g/mol. The van der Waals surface area contributed by atoms with Crippen LogP contribution in [0.3, 0.4) is 0 Å². The molecule has 0 saturated carbocycles. The lowest BCUT2D eigenvalue weighted by atomic mass is 9.96. The van der Waals surface area contributed by atoms with Gasteiger partial charge in [-0.2, -0.15) is 18.8 Å². The molecule has 2 aliphatic heterocycles. The predicted molar refractivity (Wildman–Crippen MR) is 267 cm³/mol. The van der Waals surface area contributed by atoms with Crippen molar-refractivity contribution >= 4 is 41.9 Å². The van der Waals surface area contributed by atoms with E-state index in [9.17, 15) is 21.2 Å². The molecule has 0 N–H and O–H groups in total. The van der Waals surface area contributed by atoms with Crippen LogP contribution < -0.4 is 0 Å². The molecule has 2 aliphatic rings. The summed E-state index contributed by atoms with van der Waals surface area (Å²) in [5.41, 5.74) is 7.25. The van der Waals surface area contributed by atoms with Crippen LogP contribution >= 0.6 is 0 Å². The zero-order chi connectivity index (χ0) is 50.8. The first-order valence-electron chi connectivity index (χ1n) is 24.1. The first-order chi connectivity index (χ1) is 34.3. The minimum atomic E-state index is -4.13. The van der Waals surface area contributed by atoms with Crippen molar-refractivity contribution in [2.75, 3.05) is 52.4 Å². The standard InChI is InChI=1S/C50H58F2N14O4S2/c1-32(2)25-60-14-16-63(71(67,68)49-30-59(7)57-55-49)28-47(60)43-22-37-24-54-66(46(37)19-35(43)6)44-13-10-40(52)20-38(44)27-62-31-50(56-58-62)72(69,70)64-17-15-61(26-33(3)4)48(29-64)42-21-36-23-53-65(45(36)18-34(42)5)41-11-8-39(51)9-12-41/h8-13,18-24,30-33,47-48H,14-17,25-29H2,1-7H3/t47-,48+/m0/s1. The van der Waals surface area contributed by atoms with Gasteiger partial charge in [-0.05, 0) is 115 Å². The molecular formula is C50H58F2N14O4S2. The third kappa shape index (κ3) is 9.46. The Labute approximate surface area is 417 Å². The van der Waals surface area contributed by atoms with Crippen LogP contribution in [-0.4, -0.2) is 137 Å². The van der Waals surface area contributed by atoms with Crippen LogP contribution in [0.4, 0.5) is 8.78 Å². The highest BCUT2D eigenvalue weighted by Crippen LogP contribution is 2.36. The molecule has 4 aromatic carbocycles. The second-order valence-electron chi connectivity index (χ2n) is 19.9. The number of benzene rings is 4. The SMILES string of the molecule is Cc1cc2c(cnn2-c2ccc(F)cc2)cc1[C@H]1CN(S(=O)(=O)c2cn(Cc3cc(F)ccc3-n3ncc4cc([C@@H]5CN(S(=O)(=O)c6cn(C)nn6)CCN5CC(C)C)c(C)cc43)nn2)CCN1CC(C)C. The second kappa shape index (κ2) is 19.3. The van der Waals surface area contributed by atoms with Crippen LogP contribution in [0.2, 0.25) is 0 Å². The number of piperazine rings is 2. The summed E-state index contributed by atoms with van der Waals surface area (Å²) < 4.78 is 94.7. The van der Waals surface area contributed by atoms with Crippen LogP contribution in [0, 0.1) is 37.3 Å². The molecule has 0 bridgehead atoms. The summed E-state index contributed by atoms with van der Waals surface area (Å²) in [4.78, 5) is 4.66. The minimum absolute atomic E-state index is 0.00796. The van der Waals surface area contributed by atoms with Crippen molar-refractivity contribution in [3.05, 3.63) is 131 Å². The van der Waals surface area contributed by atoms with Crippen molar-refractivity contribution in [2.45, 2.75) is 70.2 Å². The molecule has 18 nitrogen and oxygen atoms in total. The average Bonchev–Trinajstić information content (AvgIpc) is 4.17. The second-order valence-corrected chi connectivity index (χ2v) is 23.7. The largest absolute Gasteiger partial charge is 0.293 e.